The predicted molar refractivity (Wildman–Crippen MR) is 47.3 cm³/mol. The molecule has 0 atom stereocenters. The summed E-state index contributed by atoms with van der Waals surface area (Å²) in [4.78, 5) is 0. The first kappa shape index (κ1) is 11.8. The topological polar surface area (TPSA) is 9.23 Å². The van der Waals surface area contributed by atoms with E-state index in [0.717, 1.165) is 6.07 Å². The Morgan fingerprint density at radius 3 is 2.33 bits per heavy atom. The predicted octanol–water partition coefficient (Wildman–Crippen LogP) is 3.55. The van der Waals surface area contributed by atoms with Gasteiger partial charge < -0.3 is 4.74 Å². The van der Waals surface area contributed by atoms with Gasteiger partial charge in [0.1, 0.15) is 11.6 Å². The van der Waals surface area contributed by atoms with Gasteiger partial charge in [0, 0.05) is 5.56 Å². The third-order valence-corrected chi connectivity index (χ3v) is 1.92. The Morgan fingerprint density at radius 1 is 1.27 bits per heavy atom. The van der Waals surface area contributed by atoms with Crippen molar-refractivity contribution in [3.8, 4) is 5.75 Å². The lowest BCUT2D eigenvalue weighted by Gasteiger charge is -2.12. The number of rotatable bonds is 2. The molecule has 0 saturated heterocycles. The van der Waals surface area contributed by atoms with Crippen LogP contribution in [-0.2, 0) is 6.18 Å². The van der Waals surface area contributed by atoms with Crippen molar-refractivity contribution in [2.75, 3.05) is 6.61 Å². The third kappa shape index (κ3) is 2.61. The van der Waals surface area contributed by atoms with Crippen molar-refractivity contribution >= 4 is 0 Å². The Kier molecular flexibility index (Phi) is 3.21. The Morgan fingerprint density at radius 2 is 1.87 bits per heavy atom. The standard InChI is InChI=1S/C10H10F4O/c1-3-15-9-5-7(10(12,13)14)4-8(11)6(9)2/h4-5H,3H2,1-2H3. The molecule has 0 fully saturated rings. The van der Waals surface area contributed by atoms with Crippen molar-refractivity contribution in [1.29, 1.82) is 0 Å². The molecule has 0 amide bonds. The van der Waals surface area contributed by atoms with E-state index in [-0.39, 0.29) is 17.9 Å². The molecule has 1 aromatic rings. The summed E-state index contributed by atoms with van der Waals surface area (Å²) in [6.45, 7) is 3.19. The van der Waals surface area contributed by atoms with Crippen LogP contribution in [0.1, 0.15) is 18.1 Å². The minimum absolute atomic E-state index is 0.0650. The summed E-state index contributed by atoms with van der Waals surface area (Å²) in [5.41, 5.74) is -0.945. The molecule has 15 heavy (non-hydrogen) atoms. The third-order valence-electron chi connectivity index (χ3n) is 1.92. The fourth-order valence-electron chi connectivity index (χ4n) is 1.12. The van der Waals surface area contributed by atoms with Crippen molar-refractivity contribution in [2.45, 2.75) is 20.0 Å². The molecule has 0 heterocycles. The maximum Gasteiger partial charge on any atom is 0.416 e. The van der Waals surface area contributed by atoms with Gasteiger partial charge in [0.25, 0.3) is 0 Å². The molecule has 0 unspecified atom stereocenters. The van der Waals surface area contributed by atoms with Crippen molar-refractivity contribution in [2.24, 2.45) is 0 Å². The van der Waals surface area contributed by atoms with Gasteiger partial charge in [0.05, 0.1) is 12.2 Å². The summed E-state index contributed by atoms with van der Waals surface area (Å²) < 4.78 is 54.9. The summed E-state index contributed by atoms with van der Waals surface area (Å²) in [6.07, 6.45) is -4.56. The molecule has 0 spiro atoms. The van der Waals surface area contributed by atoms with Crippen molar-refractivity contribution in [3.05, 3.63) is 29.1 Å². The van der Waals surface area contributed by atoms with E-state index in [4.69, 9.17) is 4.74 Å². The highest BCUT2D eigenvalue weighted by Crippen LogP contribution is 2.34. The van der Waals surface area contributed by atoms with Gasteiger partial charge in [0.2, 0.25) is 0 Å². The molecule has 1 nitrogen and oxygen atoms in total. The molecule has 1 aromatic carbocycles. The quantitative estimate of drug-likeness (QED) is 0.695. The fourth-order valence-corrected chi connectivity index (χ4v) is 1.12. The van der Waals surface area contributed by atoms with E-state index < -0.39 is 17.6 Å². The first-order chi connectivity index (χ1) is 6.86. The van der Waals surface area contributed by atoms with Gasteiger partial charge in [-0.15, -0.1) is 0 Å². The zero-order valence-electron chi connectivity index (χ0n) is 8.28. The summed E-state index contributed by atoms with van der Waals surface area (Å²) in [7, 11) is 0. The van der Waals surface area contributed by atoms with E-state index in [0.29, 0.717) is 6.07 Å². The number of ether oxygens (including phenoxy) is 1. The lowest BCUT2D eigenvalue weighted by molar-refractivity contribution is -0.137. The number of hydrogen-bond acceptors (Lipinski definition) is 1. The molecule has 0 aliphatic rings. The lowest BCUT2D eigenvalue weighted by atomic mass is 10.1. The maximum atomic E-state index is 13.1. The molecular formula is C10H10F4O. The minimum Gasteiger partial charge on any atom is -0.493 e. The second kappa shape index (κ2) is 4.08. The van der Waals surface area contributed by atoms with Gasteiger partial charge in [-0.2, -0.15) is 13.2 Å². The summed E-state index contributed by atoms with van der Waals surface area (Å²) in [5, 5.41) is 0. The monoisotopic (exact) mass is 222 g/mol. The van der Waals surface area contributed by atoms with E-state index in [9.17, 15) is 17.6 Å². The van der Waals surface area contributed by atoms with Crippen molar-refractivity contribution in [3.63, 3.8) is 0 Å². The molecular weight excluding hydrogens is 212 g/mol. The lowest BCUT2D eigenvalue weighted by Crippen LogP contribution is -2.07. The second-order valence-electron chi connectivity index (χ2n) is 3.01. The van der Waals surface area contributed by atoms with Crippen LogP contribution >= 0.6 is 0 Å². The zero-order chi connectivity index (χ0) is 11.6. The van der Waals surface area contributed by atoms with Crippen LogP contribution in [0, 0.1) is 12.7 Å². The number of benzene rings is 1. The Balaban J connectivity index is 3.23. The van der Waals surface area contributed by atoms with E-state index >= 15 is 0 Å². The molecule has 5 heteroatoms. The van der Waals surface area contributed by atoms with Crippen molar-refractivity contribution < 1.29 is 22.3 Å². The number of halogens is 4. The largest absolute Gasteiger partial charge is 0.493 e. The van der Waals surface area contributed by atoms with E-state index in [2.05, 4.69) is 0 Å². The van der Waals surface area contributed by atoms with Crippen LogP contribution in [-0.4, -0.2) is 6.61 Å². The molecule has 1 rings (SSSR count). The van der Waals surface area contributed by atoms with Crippen LogP contribution in [0.4, 0.5) is 17.6 Å². The van der Waals surface area contributed by atoms with Gasteiger partial charge >= 0.3 is 6.18 Å². The van der Waals surface area contributed by atoms with Gasteiger partial charge in [-0.1, -0.05) is 0 Å². The average molecular weight is 222 g/mol. The van der Waals surface area contributed by atoms with Crippen molar-refractivity contribution in [1.82, 2.24) is 0 Å². The van der Waals surface area contributed by atoms with Gasteiger partial charge in [-0.25, -0.2) is 4.39 Å². The van der Waals surface area contributed by atoms with Crippen LogP contribution in [0.15, 0.2) is 12.1 Å². The van der Waals surface area contributed by atoms with E-state index in [1.807, 2.05) is 0 Å². The van der Waals surface area contributed by atoms with Gasteiger partial charge in [-0.3, -0.25) is 0 Å². The zero-order valence-corrected chi connectivity index (χ0v) is 8.28. The molecule has 0 radical (unpaired) electrons. The van der Waals surface area contributed by atoms with Gasteiger partial charge in [-0.05, 0) is 26.0 Å². The van der Waals surface area contributed by atoms with Crippen LogP contribution < -0.4 is 4.74 Å². The number of alkyl halides is 3. The van der Waals surface area contributed by atoms with Crippen LogP contribution in [0.5, 0.6) is 5.75 Å². The normalized spacial score (nSPS) is 11.6. The molecule has 0 aromatic heterocycles. The average Bonchev–Trinajstić information content (AvgIpc) is 2.11. The molecule has 0 N–H and O–H groups in total. The van der Waals surface area contributed by atoms with Gasteiger partial charge in [0.15, 0.2) is 0 Å². The Hall–Kier alpha value is -1.26. The highest BCUT2D eigenvalue weighted by molar-refractivity contribution is 5.38. The highest BCUT2D eigenvalue weighted by Gasteiger charge is 2.32. The van der Waals surface area contributed by atoms with Crippen LogP contribution in [0.3, 0.4) is 0 Å². The summed E-state index contributed by atoms with van der Waals surface area (Å²) in [5.74, 6) is -0.974. The first-order valence-electron chi connectivity index (χ1n) is 4.36. The fraction of sp³-hybridized carbons (Fsp3) is 0.400. The highest BCUT2D eigenvalue weighted by atomic mass is 19.4. The van der Waals surface area contributed by atoms with E-state index in [1.165, 1.54) is 6.92 Å². The second-order valence-corrected chi connectivity index (χ2v) is 3.01. The Labute approximate surface area is 84.7 Å². The van der Waals surface area contributed by atoms with E-state index in [1.54, 1.807) is 6.92 Å². The Bertz CT molecular complexity index is 357. The first-order valence-corrected chi connectivity index (χ1v) is 4.36. The SMILES string of the molecule is CCOc1cc(C(F)(F)F)cc(F)c1C. The minimum atomic E-state index is -4.56. The molecule has 0 saturated carbocycles. The summed E-state index contributed by atoms with van der Waals surface area (Å²) in [6, 6.07) is 1.28. The molecule has 84 valence electrons. The molecule has 0 aliphatic carbocycles. The molecule has 0 aliphatic heterocycles. The maximum absolute atomic E-state index is 13.1. The molecule has 0 bridgehead atoms. The van der Waals surface area contributed by atoms with Crippen LogP contribution in [0.25, 0.3) is 0 Å². The summed E-state index contributed by atoms with van der Waals surface area (Å²) >= 11 is 0. The smallest absolute Gasteiger partial charge is 0.416 e. The number of hydrogen-bond donors (Lipinski definition) is 0. The van der Waals surface area contributed by atoms with Crippen LogP contribution in [0.2, 0.25) is 0 Å².